The van der Waals surface area contributed by atoms with E-state index in [-0.39, 0.29) is 0 Å². The summed E-state index contributed by atoms with van der Waals surface area (Å²) in [5, 5.41) is 15.7. The van der Waals surface area contributed by atoms with Crippen LogP contribution in [-0.4, -0.2) is 35.4 Å². The molecule has 1 fully saturated rings. The van der Waals surface area contributed by atoms with Crippen molar-refractivity contribution in [3.8, 4) is 5.75 Å². The summed E-state index contributed by atoms with van der Waals surface area (Å²) < 4.78 is 5.80. The third-order valence-electron chi connectivity index (χ3n) is 4.32. The number of nitrogens with zero attached hydrogens (tertiary/aromatic N) is 1. The topological polar surface area (TPSA) is 54.4 Å². The fourth-order valence-electron chi connectivity index (χ4n) is 3.07. The van der Waals surface area contributed by atoms with Crippen molar-refractivity contribution >= 4 is 10.8 Å². The van der Waals surface area contributed by atoms with Crippen LogP contribution in [0.15, 0.2) is 36.7 Å². The van der Waals surface area contributed by atoms with Crippen LogP contribution in [0.25, 0.3) is 10.8 Å². The van der Waals surface area contributed by atoms with Crippen molar-refractivity contribution in [1.82, 2.24) is 10.3 Å². The van der Waals surface area contributed by atoms with E-state index in [4.69, 9.17) is 4.74 Å². The molecule has 1 atom stereocenters. The summed E-state index contributed by atoms with van der Waals surface area (Å²) in [6.45, 7) is 0.901. The van der Waals surface area contributed by atoms with Gasteiger partial charge in [0.05, 0.1) is 0 Å². The molecule has 3 rings (SSSR count). The molecule has 4 nitrogen and oxygen atoms in total. The van der Waals surface area contributed by atoms with E-state index < -0.39 is 6.10 Å². The molecule has 0 bridgehead atoms. The van der Waals surface area contributed by atoms with Crippen molar-refractivity contribution in [1.29, 1.82) is 0 Å². The molecule has 1 aromatic carbocycles. The number of aliphatic hydroxyl groups excluding tert-OH is 1. The zero-order valence-electron chi connectivity index (χ0n) is 12.9. The van der Waals surface area contributed by atoms with Gasteiger partial charge in [-0.15, -0.1) is 0 Å². The molecule has 0 aliphatic heterocycles. The largest absolute Gasteiger partial charge is 0.490 e. The molecule has 0 radical (unpaired) electrons. The second-order valence-electron chi connectivity index (χ2n) is 6.06. The number of rotatable bonds is 6. The molecule has 0 unspecified atom stereocenters. The minimum atomic E-state index is -0.487. The van der Waals surface area contributed by atoms with Gasteiger partial charge in [-0.1, -0.05) is 31.4 Å². The molecule has 0 saturated heterocycles. The molecule has 1 aromatic heterocycles. The molecule has 118 valence electrons. The molecule has 1 aliphatic carbocycles. The van der Waals surface area contributed by atoms with E-state index in [9.17, 15) is 5.11 Å². The van der Waals surface area contributed by atoms with E-state index in [0.717, 1.165) is 16.5 Å². The van der Waals surface area contributed by atoms with Gasteiger partial charge in [0, 0.05) is 35.8 Å². The molecule has 4 heteroatoms. The van der Waals surface area contributed by atoms with Gasteiger partial charge in [-0.2, -0.15) is 0 Å². The second-order valence-corrected chi connectivity index (χ2v) is 6.06. The lowest BCUT2D eigenvalue weighted by molar-refractivity contribution is 0.102. The molecule has 2 aromatic rings. The van der Waals surface area contributed by atoms with Gasteiger partial charge >= 0.3 is 0 Å². The molecular formula is C18H24N2O2. The van der Waals surface area contributed by atoms with Crippen molar-refractivity contribution in [2.24, 2.45) is 0 Å². The number of hydrogen-bond donors (Lipinski definition) is 2. The maximum atomic E-state index is 10.1. The maximum absolute atomic E-state index is 10.1. The number of nitrogens with one attached hydrogen (secondary N) is 1. The first-order valence-electron chi connectivity index (χ1n) is 8.20. The zero-order valence-corrected chi connectivity index (χ0v) is 12.9. The third-order valence-corrected chi connectivity index (χ3v) is 4.32. The first-order valence-corrected chi connectivity index (χ1v) is 8.20. The highest BCUT2D eigenvalue weighted by atomic mass is 16.5. The molecule has 1 heterocycles. The van der Waals surface area contributed by atoms with Crippen LogP contribution in [0.2, 0.25) is 0 Å². The first kappa shape index (κ1) is 15.3. The normalized spacial score (nSPS) is 17.5. The Bertz CT molecular complexity index is 591. The van der Waals surface area contributed by atoms with Gasteiger partial charge in [0.2, 0.25) is 0 Å². The van der Waals surface area contributed by atoms with E-state index in [1.807, 2.05) is 30.5 Å². The standard InChI is InChI=1S/C18H24N2O2/c21-16(12-20-15-6-2-1-3-7-15)13-22-18-8-4-5-14-11-19-10-9-17(14)18/h4-5,8-11,15-16,20-21H,1-3,6-7,12-13H2/t16-/m0/s1. The summed E-state index contributed by atoms with van der Waals surface area (Å²) in [6, 6.07) is 8.40. The van der Waals surface area contributed by atoms with E-state index in [1.165, 1.54) is 32.1 Å². The van der Waals surface area contributed by atoms with Crippen LogP contribution >= 0.6 is 0 Å². The minimum absolute atomic E-state index is 0.307. The van der Waals surface area contributed by atoms with Crippen LogP contribution in [0.3, 0.4) is 0 Å². The van der Waals surface area contributed by atoms with E-state index in [1.54, 1.807) is 6.20 Å². The van der Waals surface area contributed by atoms with Gasteiger partial charge < -0.3 is 15.2 Å². The van der Waals surface area contributed by atoms with Crippen LogP contribution < -0.4 is 10.1 Å². The number of fused-ring (bicyclic) bond motifs is 1. The smallest absolute Gasteiger partial charge is 0.127 e. The van der Waals surface area contributed by atoms with Gasteiger partial charge in [-0.3, -0.25) is 4.98 Å². The number of benzene rings is 1. The average molecular weight is 300 g/mol. The van der Waals surface area contributed by atoms with Crippen LogP contribution in [0.5, 0.6) is 5.75 Å². The van der Waals surface area contributed by atoms with Gasteiger partial charge in [0.1, 0.15) is 18.5 Å². The molecule has 22 heavy (non-hydrogen) atoms. The Morgan fingerprint density at radius 2 is 2.09 bits per heavy atom. The lowest BCUT2D eigenvalue weighted by atomic mass is 9.95. The highest BCUT2D eigenvalue weighted by molar-refractivity contribution is 5.87. The molecular weight excluding hydrogens is 276 g/mol. The Morgan fingerprint density at radius 1 is 1.23 bits per heavy atom. The number of aromatic nitrogens is 1. The zero-order chi connectivity index (χ0) is 15.2. The second kappa shape index (κ2) is 7.56. The maximum Gasteiger partial charge on any atom is 0.127 e. The fraction of sp³-hybridized carbons (Fsp3) is 0.500. The number of pyridine rings is 1. The summed E-state index contributed by atoms with van der Waals surface area (Å²) in [4.78, 5) is 4.12. The minimum Gasteiger partial charge on any atom is -0.490 e. The first-order chi connectivity index (χ1) is 10.8. The Hall–Kier alpha value is -1.65. The Balaban J connectivity index is 1.50. The van der Waals surface area contributed by atoms with E-state index in [0.29, 0.717) is 19.2 Å². The molecule has 0 spiro atoms. The lowest BCUT2D eigenvalue weighted by Gasteiger charge is -2.24. The van der Waals surface area contributed by atoms with Crippen molar-refractivity contribution in [2.75, 3.05) is 13.2 Å². The molecule has 0 amide bonds. The fourth-order valence-corrected chi connectivity index (χ4v) is 3.07. The average Bonchev–Trinajstić information content (AvgIpc) is 2.59. The SMILES string of the molecule is O[C@@H](CNC1CCCCC1)COc1cccc2cnccc12. The molecule has 2 N–H and O–H groups in total. The highest BCUT2D eigenvalue weighted by Gasteiger charge is 2.14. The summed E-state index contributed by atoms with van der Waals surface area (Å²) in [7, 11) is 0. The van der Waals surface area contributed by atoms with E-state index in [2.05, 4.69) is 10.3 Å². The predicted molar refractivity (Wildman–Crippen MR) is 88.1 cm³/mol. The van der Waals surface area contributed by atoms with Gasteiger partial charge in [0.15, 0.2) is 0 Å². The third kappa shape index (κ3) is 3.96. The molecule has 1 aliphatic rings. The predicted octanol–water partition coefficient (Wildman–Crippen LogP) is 2.90. The van der Waals surface area contributed by atoms with Crippen molar-refractivity contribution < 1.29 is 9.84 Å². The number of hydrogen-bond acceptors (Lipinski definition) is 4. The van der Waals surface area contributed by atoms with E-state index >= 15 is 0 Å². The summed E-state index contributed by atoms with van der Waals surface area (Å²) in [5.74, 6) is 0.802. The Labute approximate surface area is 131 Å². The highest BCUT2D eigenvalue weighted by Crippen LogP contribution is 2.24. The summed E-state index contributed by atoms with van der Waals surface area (Å²) >= 11 is 0. The van der Waals surface area contributed by atoms with Crippen molar-refractivity contribution in [3.63, 3.8) is 0 Å². The van der Waals surface area contributed by atoms with Gasteiger partial charge in [-0.25, -0.2) is 0 Å². The summed E-state index contributed by atoms with van der Waals surface area (Å²) in [6.07, 6.45) is 9.49. The van der Waals surface area contributed by atoms with Crippen LogP contribution in [0.1, 0.15) is 32.1 Å². The quantitative estimate of drug-likeness (QED) is 0.861. The number of ether oxygens (including phenoxy) is 1. The van der Waals surface area contributed by atoms with Crippen molar-refractivity contribution in [2.45, 2.75) is 44.2 Å². The summed E-state index contributed by atoms with van der Waals surface area (Å²) in [5.41, 5.74) is 0. The van der Waals surface area contributed by atoms with Crippen molar-refractivity contribution in [3.05, 3.63) is 36.7 Å². The Morgan fingerprint density at radius 3 is 2.95 bits per heavy atom. The lowest BCUT2D eigenvalue weighted by Crippen LogP contribution is -2.38. The van der Waals surface area contributed by atoms with Crippen LogP contribution in [0.4, 0.5) is 0 Å². The van der Waals surface area contributed by atoms with Crippen LogP contribution in [-0.2, 0) is 0 Å². The molecule has 1 saturated carbocycles. The van der Waals surface area contributed by atoms with Crippen LogP contribution in [0, 0.1) is 0 Å². The van der Waals surface area contributed by atoms with Gasteiger partial charge in [0.25, 0.3) is 0 Å². The monoisotopic (exact) mass is 300 g/mol. The Kier molecular flexibility index (Phi) is 5.24. The number of aliphatic hydroxyl groups is 1. The van der Waals surface area contributed by atoms with Gasteiger partial charge in [-0.05, 0) is 25.0 Å².